The molecule has 1 rings (SSSR count). The molecule has 0 amide bonds. The lowest BCUT2D eigenvalue weighted by atomic mass is 10.1. The van der Waals surface area contributed by atoms with Gasteiger partial charge in [-0.05, 0) is 17.5 Å². The molecule has 12 heavy (non-hydrogen) atoms. The summed E-state index contributed by atoms with van der Waals surface area (Å²) >= 11 is 0. The molecule has 1 aromatic rings. The van der Waals surface area contributed by atoms with Crippen molar-refractivity contribution in [3.05, 3.63) is 35.4 Å². The molecule has 68 valence electrons. The van der Waals surface area contributed by atoms with E-state index < -0.39 is 0 Å². The van der Waals surface area contributed by atoms with Crippen LogP contribution in [0.4, 0.5) is 8.78 Å². The highest BCUT2D eigenvalue weighted by atomic mass is 19.1. The van der Waals surface area contributed by atoms with Crippen molar-refractivity contribution in [3.8, 4) is 0 Å². The SMILES string of the molecule is CCc1ccc(CF)cc1.CF. The van der Waals surface area contributed by atoms with Crippen LogP contribution >= 0.6 is 0 Å². The Morgan fingerprint density at radius 2 is 1.42 bits per heavy atom. The predicted molar refractivity (Wildman–Crippen MR) is 47.7 cm³/mol. The van der Waals surface area contributed by atoms with Crippen molar-refractivity contribution in [2.45, 2.75) is 20.0 Å². The smallest absolute Gasteiger partial charge is 0.115 e. The average molecular weight is 172 g/mol. The minimum Gasteiger partial charge on any atom is -0.255 e. The number of hydrogen-bond acceptors (Lipinski definition) is 0. The van der Waals surface area contributed by atoms with Crippen LogP contribution in [0.15, 0.2) is 24.3 Å². The van der Waals surface area contributed by atoms with Gasteiger partial charge in [0.2, 0.25) is 0 Å². The van der Waals surface area contributed by atoms with Gasteiger partial charge in [-0.3, -0.25) is 4.39 Å². The van der Waals surface area contributed by atoms with Crippen molar-refractivity contribution >= 4 is 0 Å². The first-order valence-electron chi connectivity index (χ1n) is 3.88. The predicted octanol–water partition coefficient (Wildman–Crippen LogP) is 3.30. The maximum absolute atomic E-state index is 12.0. The summed E-state index contributed by atoms with van der Waals surface area (Å²) in [5, 5.41) is 0. The van der Waals surface area contributed by atoms with Gasteiger partial charge in [-0.15, -0.1) is 0 Å². The quantitative estimate of drug-likeness (QED) is 0.642. The van der Waals surface area contributed by atoms with E-state index in [0.717, 1.165) is 12.0 Å². The Morgan fingerprint density at radius 1 is 1.00 bits per heavy atom. The Bertz CT molecular complexity index is 168. The Labute approximate surface area is 72.2 Å². The molecule has 0 radical (unpaired) electrons. The van der Waals surface area contributed by atoms with Gasteiger partial charge in [0.15, 0.2) is 0 Å². The number of alkyl halides is 2. The third kappa shape index (κ3) is 3.46. The highest BCUT2D eigenvalue weighted by Gasteiger charge is 1.89. The molecule has 0 spiro atoms. The first kappa shape index (κ1) is 11.1. The second-order valence-corrected chi connectivity index (χ2v) is 2.30. The summed E-state index contributed by atoms with van der Waals surface area (Å²) in [5.74, 6) is 0. The third-order valence-corrected chi connectivity index (χ3v) is 1.59. The molecule has 0 saturated carbocycles. The molecular formula is C10H14F2. The monoisotopic (exact) mass is 172 g/mol. The van der Waals surface area contributed by atoms with Crippen LogP contribution in [0.5, 0.6) is 0 Å². The number of rotatable bonds is 2. The molecule has 0 unspecified atom stereocenters. The number of benzene rings is 1. The highest BCUT2D eigenvalue weighted by molar-refractivity contribution is 5.21. The summed E-state index contributed by atoms with van der Waals surface area (Å²) < 4.78 is 21.5. The molecule has 0 fully saturated rings. The Hall–Kier alpha value is -0.920. The molecule has 0 aliphatic carbocycles. The van der Waals surface area contributed by atoms with Crippen LogP contribution in [-0.4, -0.2) is 7.18 Å². The zero-order valence-electron chi connectivity index (χ0n) is 7.48. The van der Waals surface area contributed by atoms with Crippen LogP contribution in [0.2, 0.25) is 0 Å². The van der Waals surface area contributed by atoms with Gasteiger partial charge in [0.1, 0.15) is 6.67 Å². The van der Waals surface area contributed by atoms with Crippen molar-refractivity contribution in [1.82, 2.24) is 0 Å². The molecule has 0 aromatic heterocycles. The second kappa shape index (κ2) is 6.77. The van der Waals surface area contributed by atoms with E-state index >= 15 is 0 Å². The molecule has 0 nitrogen and oxygen atoms in total. The van der Waals surface area contributed by atoms with E-state index in [1.807, 2.05) is 24.3 Å². The summed E-state index contributed by atoms with van der Waals surface area (Å²) in [6.45, 7) is 1.73. The lowest BCUT2D eigenvalue weighted by Gasteiger charge is -1.96. The molecule has 0 heterocycles. The van der Waals surface area contributed by atoms with Gasteiger partial charge in [0.05, 0.1) is 7.18 Å². The molecule has 0 atom stereocenters. The van der Waals surface area contributed by atoms with Gasteiger partial charge in [-0.25, -0.2) is 4.39 Å². The molecule has 0 bridgehead atoms. The van der Waals surface area contributed by atoms with E-state index in [-0.39, 0.29) is 6.67 Å². The molecule has 0 saturated heterocycles. The average Bonchev–Trinajstić information content (AvgIpc) is 2.21. The van der Waals surface area contributed by atoms with Crippen LogP contribution in [0.25, 0.3) is 0 Å². The van der Waals surface area contributed by atoms with Gasteiger partial charge in [0.25, 0.3) is 0 Å². The van der Waals surface area contributed by atoms with E-state index in [0.29, 0.717) is 7.18 Å². The highest BCUT2D eigenvalue weighted by Crippen LogP contribution is 2.05. The fourth-order valence-electron chi connectivity index (χ4n) is 0.864. The van der Waals surface area contributed by atoms with Crippen molar-refractivity contribution < 1.29 is 8.78 Å². The third-order valence-electron chi connectivity index (χ3n) is 1.59. The summed E-state index contributed by atoms with van der Waals surface area (Å²) in [5.41, 5.74) is 2.02. The fraction of sp³-hybridized carbons (Fsp3) is 0.400. The molecule has 0 aliphatic rings. The Kier molecular flexibility index (Phi) is 6.25. The van der Waals surface area contributed by atoms with Crippen molar-refractivity contribution in [2.75, 3.05) is 7.18 Å². The summed E-state index contributed by atoms with van der Waals surface area (Å²) in [6, 6.07) is 7.60. The lowest BCUT2D eigenvalue weighted by Crippen LogP contribution is -1.81. The summed E-state index contributed by atoms with van der Waals surface area (Å²) in [7, 11) is 0.500. The Morgan fingerprint density at radius 3 is 1.75 bits per heavy atom. The lowest BCUT2D eigenvalue weighted by molar-refractivity contribution is 0.485. The minimum absolute atomic E-state index is 0.357. The van der Waals surface area contributed by atoms with Crippen molar-refractivity contribution in [2.24, 2.45) is 0 Å². The van der Waals surface area contributed by atoms with E-state index in [1.165, 1.54) is 5.56 Å². The minimum atomic E-state index is -0.357. The van der Waals surface area contributed by atoms with E-state index in [9.17, 15) is 8.78 Å². The van der Waals surface area contributed by atoms with Crippen LogP contribution in [0, 0.1) is 0 Å². The van der Waals surface area contributed by atoms with Gasteiger partial charge in [0, 0.05) is 0 Å². The van der Waals surface area contributed by atoms with Gasteiger partial charge >= 0.3 is 0 Å². The summed E-state index contributed by atoms with van der Waals surface area (Å²) in [6.07, 6.45) is 1.02. The topological polar surface area (TPSA) is 0 Å². The maximum atomic E-state index is 12.0. The zero-order chi connectivity index (χ0) is 9.40. The first-order chi connectivity index (χ1) is 5.86. The van der Waals surface area contributed by atoms with E-state index in [1.54, 1.807) is 0 Å². The molecular weight excluding hydrogens is 158 g/mol. The van der Waals surface area contributed by atoms with E-state index in [2.05, 4.69) is 6.92 Å². The summed E-state index contributed by atoms with van der Waals surface area (Å²) in [4.78, 5) is 0. The van der Waals surface area contributed by atoms with Crippen LogP contribution < -0.4 is 0 Å². The van der Waals surface area contributed by atoms with Crippen LogP contribution in [0.3, 0.4) is 0 Å². The molecule has 1 aromatic carbocycles. The normalized spacial score (nSPS) is 8.67. The van der Waals surface area contributed by atoms with Crippen LogP contribution in [-0.2, 0) is 13.1 Å². The molecule has 0 aliphatic heterocycles. The van der Waals surface area contributed by atoms with Gasteiger partial charge in [-0.1, -0.05) is 31.2 Å². The first-order valence-corrected chi connectivity index (χ1v) is 3.88. The largest absolute Gasteiger partial charge is 0.255 e. The Balaban J connectivity index is 0.000000561. The fourth-order valence-corrected chi connectivity index (χ4v) is 0.864. The number of hydrogen-bond donors (Lipinski definition) is 0. The number of aryl methyl sites for hydroxylation is 1. The molecule has 0 N–H and O–H groups in total. The van der Waals surface area contributed by atoms with Gasteiger partial charge < -0.3 is 0 Å². The maximum Gasteiger partial charge on any atom is 0.115 e. The van der Waals surface area contributed by atoms with Crippen molar-refractivity contribution in [1.29, 1.82) is 0 Å². The number of halogens is 2. The molecule has 2 heteroatoms. The van der Waals surface area contributed by atoms with E-state index in [4.69, 9.17) is 0 Å². The standard InChI is InChI=1S/C9H11F.CH3F/c1-2-8-3-5-9(7-10)6-4-8;1-2/h3-6H,2,7H2,1H3;1H3. The second-order valence-electron chi connectivity index (χ2n) is 2.30. The van der Waals surface area contributed by atoms with Crippen molar-refractivity contribution in [3.63, 3.8) is 0 Å². The zero-order valence-corrected chi connectivity index (χ0v) is 7.48. The van der Waals surface area contributed by atoms with Gasteiger partial charge in [-0.2, -0.15) is 0 Å². The van der Waals surface area contributed by atoms with Crippen LogP contribution in [0.1, 0.15) is 18.1 Å².